The molecule has 0 saturated heterocycles. The molecule has 0 spiro atoms. The van der Waals surface area contributed by atoms with E-state index in [1.165, 1.54) is 12.4 Å². The minimum Gasteiger partial charge on any atom is -0.313 e. The van der Waals surface area contributed by atoms with Crippen LogP contribution in [-0.2, 0) is 6.42 Å². The number of nitrogens with zero attached hydrogens (tertiary/aromatic N) is 2. The Morgan fingerprint density at radius 1 is 1.28 bits per heavy atom. The molecule has 1 heterocycles. The number of nitrogens with one attached hydrogen (secondary N) is 1. The van der Waals surface area contributed by atoms with Crippen LogP contribution >= 0.6 is 0 Å². The molecule has 0 aliphatic rings. The molecule has 0 bridgehead atoms. The van der Waals surface area contributed by atoms with E-state index in [4.69, 9.17) is 0 Å². The van der Waals surface area contributed by atoms with Crippen molar-refractivity contribution in [2.75, 3.05) is 7.05 Å². The highest BCUT2D eigenvalue weighted by Crippen LogP contribution is 2.19. The third-order valence-electron chi connectivity index (χ3n) is 3.07. The standard InChI is InChI=1S/C14H16FN3/c1-10-3-4-13(15)5-11(10)6-14(16-2)12-7-17-9-18-8-12/h3-5,7-9,14,16H,6H2,1-2H3. The number of rotatable bonds is 4. The van der Waals surface area contributed by atoms with Gasteiger partial charge in [-0.25, -0.2) is 14.4 Å². The molecule has 4 heteroatoms. The molecule has 0 aliphatic heterocycles. The average Bonchev–Trinajstić information content (AvgIpc) is 2.41. The summed E-state index contributed by atoms with van der Waals surface area (Å²) < 4.78 is 13.3. The molecule has 1 aromatic heterocycles. The van der Waals surface area contributed by atoms with Gasteiger partial charge in [0.05, 0.1) is 0 Å². The van der Waals surface area contributed by atoms with E-state index in [-0.39, 0.29) is 11.9 Å². The van der Waals surface area contributed by atoms with Crippen LogP contribution in [0.15, 0.2) is 36.9 Å². The molecule has 94 valence electrons. The smallest absolute Gasteiger partial charge is 0.123 e. The molecule has 2 aromatic rings. The molecule has 1 unspecified atom stereocenters. The van der Waals surface area contributed by atoms with Gasteiger partial charge in [0.2, 0.25) is 0 Å². The fourth-order valence-corrected chi connectivity index (χ4v) is 1.96. The molecule has 0 radical (unpaired) electrons. The van der Waals surface area contributed by atoms with E-state index in [2.05, 4.69) is 15.3 Å². The van der Waals surface area contributed by atoms with E-state index in [9.17, 15) is 4.39 Å². The molecule has 1 atom stereocenters. The van der Waals surface area contributed by atoms with Crippen LogP contribution in [0.1, 0.15) is 22.7 Å². The van der Waals surface area contributed by atoms with Crippen LogP contribution in [0, 0.1) is 12.7 Å². The van der Waals surface area contributed by atoms with Gasteiger partial charge in [-0.05, 0) is 43.7 Å². The van der Waals surface area contributed by atoms with E-state index in [1.807, 2.05) is 14.0 Å². The summed E-state index contributed by atoms with van der Waals surface area (Å²) in [5.74, 6) is -0.199. The molecule has 18 heavy (non-hydrogen) atoms. The van der Waals surface area contributed by atoms with Gasteiger partial charge in [0.25, 0.3) is 0 Å². The highest BCUT2D eigenvalue weighted by molar-refractivity contribution is 5.28. The maximum absolute atomic E-state index is 13.3. The van der Waals surface area contributed by atoms with Crippen molar-refractivity contribution in [3.63, 3.8) is 0 Å². The molecule has 0 aliphatic carbocycles. The van der Waals surface area contributed by atoms with Gasteiger partial charge in [-0.1, -0.05) is 6.07 Å². The Labute approximate surface area is 106 Å². The maximum Gasteiger partial charge on any atom is 0.123 e. The van der Waals surface area contributed by atoms with Crippen LogP contribution in [0.2, 0.25) is 0 Å². The van der Waals surface area contributed by atoms with Crippen LogP contribution in [0.25, 0.3) is 0 Å². The van der Waals surface area contributed by atoms with E-state index >= 15 is 0 Å². The van der Waals surface area contributed by atoms with Crippen LogP contribution in [0.4, 0.5) is 4.39 Å². The average molecular weight is 245 g/mol. The summed E-state index contributed by atoms with van der Waals surface area (Å²) in [5.41, 5.74) is 3.09. The van der Waals surface area contributed by atoms with Crippen molar-refractivity contribution in [3.05, 3.63) is 59.4 Å². The number of benzene rings is 1. The Morgan fingerprint density at radius 2 is 2.00 bits per heavy atom. The van der Waals surface area contributed by atoms with Crippen molar-refractivity contribution in [1.82, 2.24) is 15.3 Å². The Kier molecular flexibility index (Phi) is 3.99. The minimum atomic E-state index is -0.199. The fraction of sp³-hybridized carbons (Fsp3) is 0.286. The first kappa shape index (κ1) is 12.6. The van der Waals surface area contributed by atoms with E-state index in [0.717, 1.165) is 16.7 Å². The SMILES string of the molecule is CNC(Cc1cc(F)ccc1C)c1cncnc1. The molecular formula is C14H16FN3. The lowest BCUT2D eigenvalue weighted by molar-refractivity contribution is 0.578. The van der Waals surface area contributed by atoms with Crippen LogP contribution in [-0.4, -0.2) is 17.0 Å². The number of aromatic nitrogens is 2. The molecular weight excluding hydrogens is 229 g/mol. The quantitative estimate of drug-likeness (QED) is 0.899. The second-order valence-electron chi connectivity index (χ2n) is 4.29. The van der Waals surface area contributed by atoms with Gasteiger partial charge in [0.15, 0.2) is 0 Å². The molecule has 3 nitrogen and oxygen atoms in total. The first-order valence-electron chi connectivity index (χ1n) is 5.88. The van der Waals surface area contributed by atoms with E-state index < -0.39 is 0 Å². The third-order valence-corrected chi connectivity index (χ3v) is 3.07. The fourth-order valence-electron chi connectivity index (χ4n) is 1.96. The summed E-state index contributed by atoms with van der Waals surface area (Å²) in [6.07, 6.45) is 5.78. The summed E-state index contributed by atoms with van der Waals surface area (Å²) in [4.78, 5) is 8.02. The van der Waals surface area contributed by atoms with Gasteiger partial charge in [-0.2, -0.15) is 0 Å². The van der Waals surface area contributed by atoms with Gasteiger partial charge in [0.1, 0.15) is 12.1 Å². The summed E-state index contributed by atoms with van der Waals surface area (Å²) in [6, 6.07) is 4.97. The number of hydrogen-bond acceptors (Lipinski definition) is 3. The first-order chi connectivity index (χ1) is 8.70. The van der Waals surface area contributed by atoms with Gasteiger partial charge in [-0.3, -0.25) is 0 Å². The van der Waals surface area contributed by atoms with Crippen molar-refractivity contribution in [2.45, 2.75) is 19.4 Å². The monoisotopic (exact) mass is 245 g/mol. The minimum absolute atomic E-state index is 0.0895. The summed E-state index contributed by atoms with van der Waals surface area (Å²) in [6.45, 7) is 1.99. The number of hydrogen-bond donors (Lipinski definition) is 1. The van der Waals surface area contributed by atoms with Gasteiger partial charge < -0.3 is 5.32 Å². The molecule has 0 amide bonds. The normalized spacial score (nSPS) is 12.4. The van der Waals surface area contributed by atoms with Crippen molar-refractivity contribution < 1.29 is 4.39 Å². The summed E-state index contributed by atoms with van der Waals surface area (Å²) >= 11 is 0. The topological polar surface area (TPSA) is 37.8 Å². The molecule has 2 rings (SSSR count). The zero-order valence-electron chi connectivity index (χ0n) is 10.5. The second kappa shape index (κ2) is 5.69. The number of aryl methyl sites for hydroxylation is 1. The second-order valence-corrected chi connectivity index (χ2v) is 4.29. The van der Waals surface area contributed by atoms with Crippen LogP contribution in [0.3, 0.4) is 0 Å². The van der Waals surface area contributed by atoms with Gasteiger partial charge in [-0.15, -0.1) is 0 Å². The third kappa shape index (κ3) is 2.90. The van der Waals surface area contributed by atoms with Gasteiger partial charge in [0, 0.05) is 24.0 Å². The van der Waals surface area contributed by atoms with Crippen molar-refractivity contribution >= 4 is 0 Å². The van der Waals surface area contributed by atoms with Crippen LogP contribution in [0.5, 0.6) is 0 Å². The Hall–Kier alpha value is -1.81. The zero-order chi connectivity index (χ0) is 13.0. The predicted molar refractivity (Wildman–Crippen MR) is 68.7 cm³/mol. The maximum atomic E-state index is 13.3. The Morgan fingerprint density at radius 3 is 2.67 bits per heavy atom. The summed E-state index contributed by atoms with van der Waals surface area (Å²) in [5, 5.41) is 3.21. The Bertz CT molecular complexity index is 514. The van der Waals surface area contributed by atoms with E-state index in [1.54, 1.807) is 24.5 Å². The molecule has 0 saturated carbocycles. The lowest BCUT2D eigenvalue weighted by Crippen LogP contribution is -2.19. The lowest BCUT2D eigenvalue weighted by atomic mass is 9.98. The Balaban J connectivity index is 2.23. The molecule has 1 N–H and O–H groups in total. The van der Waals surface area contributed by atoms with Crippen LogP contribution < -0.4 is 5.32 Å². The number of halogens is 1. The van der Waals surface area contributed by atoms with Gasteiger partial charge >= 0.3 is 0 Å². The summed E-state index contributed by atoms with van der Waals surface area (Å²) in [7, 11) is 1.88. The van der Waals surface area contributed by atoms with Crippen molar-refractivity contribution in [2.24, 2.45) is 0 Å². The first-order valence-corrected chi connectivity index (χ1v) is 5.88. The molecule has 0 fully saturated rings. The molecule has 1 aromatic carbocycles. The highest BCUT2D eigenvalue weighted by Gasteiger charge is 2.12. The van der Waals surface area contributed by atoms with Crippen molar-refractivity contribution in [3.8, 4) is 0 Å². The zero-order valence-corrected chi connectivity index (χ0v) is 10.5. The lowest BCUT2D eigenvalue weighted by Gasteiger charge is -2.17. The predicted octanol–water partition coefficient (Wildman–Crippen LogP) is 2.43. The number of likely N-dealkylation sites (N-methyl/N-ethyl adjacent to an activating group) is 1. The van der Waals surface area contributed by atoms with E-state index in [0.29, 0.717) is 6.42 Å². The largest absolute Gasteiger partial charge is 0.313 e. The highest BCUT2D eigenvalue weighted by atomic mass is 19.1. The van der Waals surface area contributed by atoms with Crippen molar-refractivity contribution in [1.29, 1.82) is 0 Å².